The van der Waals surface area contributed by atoms with E-state index in [1.165, 1.54) is 11.3 Å². The van der Waals surface area contributed by atoms with Crippen molar-refractivity contribution in [1.29, 1.82) is 0 Å². The lowest BCUT2D eigenvalue weighted by atomic mass is 10.2. The smallest absolute Gasteiger partial charge is 0.317 e. The number of anilines is 1. The van der Waals surface area contributed by atoms with Crippen molar-refractivity contribution in [3.05, 3.63) is 45.9 Å². The zero-order valence-corrected chi connectivity index (χ0v) is 15.2. The number of para-hydroxylation sites is 1. The number of thiazole rings is 1. The number of benzene rings is 1. The van der Waals surface area contributed by atoms with Crippen molar-refractivity contribution in [2.24, 2.45) is 0 Å². The molecular weight excluding hydrogens is 336 g/mol. The van der Waals surface area contributed by atoms with Gasteiger partial charge in [0.2, 0.25) is 0 Å². The quantitative estimate of drug-likeness (QED) is 0.886. The zero-order chi connectivity index (χ0) is 17.8. The number of fused-ring (bicyclic) bond motifs is 1. The summed E-state index contributed by atoms with van der Waals surface area (Å²) in [6, 6.07) is 9.45. The maximum atomic E-state index is 12.4. The molecule has 0 bridgehead atoms. The van der Waals surface area contributed by atoms with E-state index >= 15 is 0 Å². The van der Waals surface area contributed by atoms with Crippen molar-refractivity contribution in [2.75, 3.05) is 18.4 Å². The van der Waals surface area contributed by atoms with Gasteiger partial charge in [0, 0.05) is 42.5 Å². The van der Waals surface area contributed by atoms with Crippen LogP contribution in [-0.2, 0) is 12.8 Å². The van der Waals surface area contributed by atoms with Gasteiger partial charge in [-0.15, -0.1) is 11.3 Å². The van der Waals surface area contributed by atoms with Crippen LogP contribution in [0.25, 0.3) is 0 Å². The molecule has 0 unspecified atom stereocenters. The van der Waals surface area contributed by atoms with Gasteiger partial charge in [-0.2, -0.15) is 0 Å². The number of carbonyl (C=O) groups excluding carboxylic acids is 2. The Labute approximate surface area is 151 Å². The van der Waals surface area contributed by atoms with Gasteiger partial charge in [-0.05, 0) is 26.0 Å². The molecule has 6 nitrogen and oxygen atoms in total. The second-order valence-electron chi connectivity index (χ2n) is 6.30. The van der Waals surface area contributed by atoms with Gasteiger partial charge in [-0.3, -0.25) is 4.79 Å². The molecule has 1 aliphatic heterocycles. The lowest BCUT2D eigenvalue weighted by Crippen LogP contribution is -2.44. The van der Waals surface area contributed by atoms with Crippen LogP contribution in [0.1, 0.15) is 34.2 Å². The van der Waals surface area contributed by atoms with Crippen LogP contribution in [0, 0.1) is 0 Å². The molecule has 1 aromatic carbocycles. The molecule has 2 aromatic rings. The van der Waals surface area contributed by atoms with Crippen molar-refractivity contribution >= 4 is 29.0 Å². The minimum absolute atomic E-state index is 0.0350. The van der Waals surface area contributed by atoms with Crippen molar-refractivity contribution in [1.82, 2.24) is 15.2 Å². The SMILES string of the molecule is CC(C)NC(=O)N1CCc2nc(C(=O)Nc3ccccc3)sc2CC1. The molecule has 0 saturated heterocycles. The van der Waals surface area contributed by atoms with E-state index in [9.17, 15) is 9.59 Å². The second kappa shape index (κ2) is 7.65. The van der Waals surface area contributed by atoms with Gasteiger partial charge in [0.05, 0.1) is 5.69 Å². The van der Waals surface area contributed by atoms with Crippen LogP contribution >= 0.6 is 11.3 Å². The summed E-state index contributed by atoms with van der Waals surface area (Å²) in [6.45, 7) is 5.17. The summed E-state index contributed by atoms with van der Waals surface area (Å²) in [5.41, 5.74) is 1.69. The van der Waals surface area contributed by atoms with E-state index in [0.29, 0.717) is 24.5 Å². The minimum atomic E-state index is -0.182. The molecule has 0 spiro atoms. The zero-order valence-electron chi connectivity index (χ0n) is 14.4. The summed E-state index contributed by atoms with van der Waals surface area (Å²) in [5, 5.41) is 6.27. The first-order valence-electron chi connectivity index (χ1n) is 8.43. The Hall–Kier alpha value is -2.41. The van der Waals surface area contributed by atoms with Crippen LogP contribution in [0.5, 0.6) is 0 Å². The summed E-state index contributed by atoms with van der Waals surface area (Å²) in [6.07, 6.45) is 1.41. The van der Waals surface area contributed by atoms with Gasteiger partial charge >= 0.3 is 6.03 Å². The molecule has 3 rings (SSSR count). The largest absolute Gasteiger partial charge is 0.336 e. The predicted molar refractivity (Wildman–Crippen MR) is 99.2 cm³/mol. The van der Waals surface area contributed by atoms with Crippen LogP contribution in [0.2, 0.25) is 0 Å². The monoisotopic (exact) mass is 358 g/mol. The third kappa shape index (κ3) is 4.36. The van der Waals surface area contributed by atoms with Gasteiger partial charge in [0.15, 0.2) is 5.01 Å². The van der Waals surface area contributed by atoms with E-state index in [1.807, 2.05) is 49.1 Å². The Morgan fingerprint density at radius 3 is 2.60 bits per heavy atom. The van der Waals surface area contributed by atoms with E-state index in [-0.39, 0.29) is 18.0 Å². The summed E-state index contributed by atoms with van der Waals surface area (Å²) >= 11 is 1.42. The number of amides is 3. The molecule has 0 aliphatic carbocycles. The maximum Gasteiger partial charge on any atom is 0.317 e. The average molecular weight is 358 g/mol. The molecule has 1 aliphatic rings. The number of hydrogen-bond acceptors (Lipinski definition) is 4. The minimum Gasteiger partial charge on any atom is -0.336 e. The molecule has 0 fully saturated rings. The lowest BCUT2D eigenvalue weighted by molar-refractivity contribution is 0.102. The predicted octanol–water partition coefficient (Wildman–Crippen LogP) is 2.91. The highest BCUT2D eigenvalue weighted by molar-refractivity contribution is 7.13. The molecule has 1 aromatic heterocycles. The average Bonchev–Trinajstić information content (AvgIpc) is 2.88. The number of nitrogens with one attached hydrogen (secondary N) is 2. The fourth-order valence-electron chi connectivity index (χ4n) is 2.71. The molecule has 3 amide bonds. The van der Waals surface area contributed by atoms with Gasteiger partial charge in [-0.25, -0.2) is 9.78 Å². The normalized spacial score (nSPS) is 14.0. The fourth-order valence-corrected chi connectivity index (χ4v) is 3.70. The number of nitrogens with zero attached hydrogens (tertiary/aromatic N) is 2. The molecule has 0 saturated carbocycles. The van der Waals surface area contributed by atoms with Crippen LogP contribution in [0.15, 0.2) is 30.3 Å². The topological polar surface area (TPSA) is 74.3 Å². The van der Waals surface area contributed by atoms with E-state index in [0.717, 1.165) is 22.7 Å². The third-order valence-corrected chi connectivity index (χ3v) is 5.09. The van der Waals surface area contributed by atoms with Crippen LogP contribution in [0.4, 0.5) is 10.5 Å². The molecular formula is C18H22N4O2S. The fraction of sp³-hybridized carbons (Fsp3) is 0.389. The maximum absolute atomic E-state index is 12.4. The number of aromatic nitrogens is 1. The summed E-state index contributed by atoms with van der Waals surface area (Å²) in [4.78, 5) is 31.9. The number of urea groups is 1. The number of rotatable bonds is 3. The highest BCUT2D eigenvalue weighted by Crippen LogP contribution is 2.24. The van der Waals surface area contributed by atoms with E-state index < -0.39 is 0 Å². The van der Waals surface area contributed by atoms with Gasteiger partial charge in [0.25, 0.3) is 5.91 Å². The highest BCUT2D eigenvalue weighted by Gasteiger charge is 2.23. The van der Waals surface area contributed by atoms with E-state index in [1.54, 1.807) is 0 Å². The molecule has 132 valence electrons. The first-order valence-corrected chi connectivity index (χ1v) is 9.25. The van der Waals surface area contributed by atoms with Crippen molar-refractivity contribution in [2.45, 2.75) is 32.7 Å². The number of hydrogen-bond donors (Lipinski definition) is 2. The number of carbonyl (C=O) groups is 2. The van der Waals surface area contributed by atoms with Crippen molar-refractivity contribution in [3.63, 3.8) is 0 Å². The molecule has 2 heterocycles. The molecule has 2 N–H and O–H groups in total. The Morgan fingerprint density at radius 2 is 1.88 bits per heavy atom. The highest BCUT2D eigenvalue weighted by atomic mass is 32.1. The van der Waals surface area contributed by atoms with Crippen LogP contribution < -0.4 is 10.6 Å². The van der Waals surface area contributed by atoms with Crippen molar-refractivity contribution < 1.29 is 9.59 Å². The van der Waals surface area contributed by atoms with E-state index in [4.69, 9.17) is 0 Å². The van der Waals surface area contributed by atoms with Crippen molar-refractivity contribution in [3.8, 4) is 0 Å². The second-order valence-corrected chi connectivity index (χ2v) is 7.38. The molecule has 0 radical (unpaired) electrons. The van der Waals surface area contributed by atoms with Gasteiger partial charge in [0.1, 0.15) is 0 Å². The lowest BCUT2D eigenvalue weighted by Gasteiger charge is -2.22. The molecule has 7 heteroatoms. The Balaban J connectivity index is 1.64. The third-order valence-electron chi connectivity index (χ3n) is 3.93. The first kappa shape index (κ1) is 17.4. The molecule has 25 heavy (non-hydrogen) atoms. The summed E-state index contributed by atoms with van der Waals surface area (Å²) in [5.74, 6) is -0.182. The summed E-state index contributed by atoms with van der Waals surface area (Å²) in [7, 11) is 0. The molecule has 0 atom stereocenters. The Kier molecular flexibility index (Phi) is 5.33. The first-order chi connectivity index (χ1) is 12.0. The Morgan fingerprint density at radius 1 is 1.16 bits per heavy atom. The summed E-state index contributed by atoms with van der Waals surface area (Å²) < 4.78 is 0. The standard InChI is InChI=1S/C18H22N4O2S/c1-12(2)19-18(24)22-10-8-14-15(9-11-22)25-17(21-14)16(23)20-13-6-4-3-5-7-13/h3-7,12H,8-11H2,1-2H3,(H,19,24)(H,20,23). The Bertz CT molecular complexity index is 732. The van der Waals surface area contributed by atoms with Gasteiger partial charge < -0.3 is 15.5 Å². The van der Waals surface area contributed by atoms with E-state index in [2.05, 4.69) is 15.6 Å². The van der Waals surface area contributed by atoms with Crippen LogP contribution in [0.3, 0.4) is 0 Å². The van der Waals surface area contributed by atoms with Gasteiger partial charge in [-0.1, -0.05) is 18.2 Å². The van der Waals surface area contributed by atoms with Crippen LogP contribution in [-0.4, -0.2) is 41.0 Å².